The van der Waals surface area contributed by atoms with E-state index in [1.54, 1.807) is 24.3 Å². The Labute approximate surface area is 164 Å². The van der Waals surface area contributed by atoms with E-state index < -0.39 is 10.0 Å². The minimum Gasteiger partial charge on any atom is -0.353 e. The van der Waals surface area contributed by atoms with Gasteiger partial charge in [0, 0.05) is 23.6 Å². The molecule has 5 nitrogen and oxygen atoms in total. The minimum atomic E-state index is -3.56. The fourth-order valence-electron chi connectivity index (χ4n) is 3.96. The number of hydrogen-bond acceptors (Lipinski definition) is 3. The van der Waals surface area contributed by atoms with Crippen molar-refractivity contribution >= 4 is 31.9 Å². The van der Waals surface area contributed by atoms with E-state index in [1.807, 2.05) is 0 Å². The molecule has 0 spiro atoms. The molecule has 26 heavy (non-hydrogen) atoms. The molecule has 1 N–H and O–H groups in total. The van der Waals surface area contributed by atoms with Crippen molar-refractivity contribution in [3.05, 3.63) is 28.7 Å². The van der Waals surface area contributed by atoms with Crippen LogP contribution in [0.3, 0.4) is 0 Å². The Hall–Kier alpha value is -0.920. The molecule has 7 heteroatoms. The molecule has 3 atom stereocenters. The molecule has 0 radical (unpaired) electrons. The molecule has 0 unspecified atom stereocenters. The molecule has 1 saturated heterocycles. The van der Waals surface area contributed by atoms with Crippen molar-refractivity contribution < 1.29 is 13.2 Å². The summed E-state index contributed by atoms with van der Waals surface area (Å²) in [6.45, 7) is 2.93. The molecule has 144 valence electrons. The first kappa shape index (κ1) is 19.8. The van der Waals surface area contributed by atoms with E-state index in [0.29, 0.717) is 18.9 Å². The monoisotopic (exact) mass is 442 g/mol. The summed E-state index contributed by atoms with van der Waals surface area (Å²) in [5.74, 6) is 0.251. The van der Waals surface area contributed by atoms with Crippen LogP contribution >= 0.6 is 15.9 Å². The number of rotatable bonds is 4. The van der Waals surface area contributed by atoms with Gasteiger partial charge in [0.25, 0.3) is 0 Å². The Balaban J connectivity index is 1.66. The second kappa shape index (κ2) is 8.40. The predicted octanol–water partition coefficient (Wildman–Crippen LogP) is 3.54. The van der Waals surface area contributed by atoms with Gasteiger partial charge in [-0.3, -0.25) is 4.79 Å². The van der Waals surface area contributed by atoms with Gasteiger partial charge in [0.05, 0.1) is 10.8 Å². The molecule has 1 aliphatic carbocycles. The number of nitrogens with one attached hydrogen (secondary N) is 1. The van der Waals surface area contributed by atoms with Crippen LogP contribution in [0.5, 0.6) is 0 Å². The van der Waals surface area contributed by atoms with Crippen molar-refractivity contribution in [1.82, 2.24) is 9.62 Å². The third-order valence-electron chi connectivity index (χ3n) is 5.65. The highest BCUT2D eigenvalue weighted by molar-refractivity contribution is 9.10. The summed E-state index contributed by atoms with van der Waals surface area (Å²) in [4.78, 5) is 13.0. The molecule has 1 aromatic rings. The number of carbonyl (C=O) groups is 1. The fourth-order valence-corrected chi connectivity index (χ4v) is 5.75. The SMILES string of the molecule is C[C@@H]1CCCC[C@@H]1NC(=O)[C@@H]1CCCN(S(=O)(=O)c2ccc(Br)cc2)C1. The number of amides is 1. The van der Waals surface area contributed by atoms with Gasteiger partial charge in [-0.1, -0.05) is 35.7 Å². The van der Waals surface area contributed by atoms with E-state index in [9.17, 15) is 13.2 Å². The number of nitrogens with zero attached hydrogens (tertiary/aromatic N) is 1. The van der Waals surface area contributed by atoms with Crippen LogP contribution in [-0.2, 0) is 14.8 Å². The van der Waals surface area contributed by atoms with Gasteiger partial charge in [-0.25, -0.2) is 8.42 Å². The first-order valence-electron chi connectivity index (χ1n) is 9.44. The third-order valence-corrected chi connectivity index (χ3v) is 8.05. The molecule has 3 rings (SSSR count). The minimum absolute atomic E-state index is 0.0134. The summed E-state index contributed by atoms with van der Waals surface area (Å²) in [5.41, 5.74) is 0. The second-order valence-electron chi connectivity index (χ2n) is 7.53. The van der Waals surface area contributed by atoms with Gasteiger partial charge < -0.3 is 5.32 Å². The molecular weight excluding hydrogens is 416 g/mol. The normalized spacial score (nSPS) is 27.8. The summed E-state index contributed by atoms with van der Waals surface area (Å²) >= 11 is 3.33. The second-order valence-corrected chi connectivity index (χ2v) is 10.4. The summed E-state index contributed by atoms with van der Waals surface area (Å²) in [5, 5.41) is 3.19. The lowest BCUT2D eigenvalue weighted by molar-refractivity contribution is -0.127. The van der Waals surface area contributed by atoms with Crippen molar-refractivity contribution in [2.24, 2.45) is 11.8 Å². The highest BCUT2D eigenvalue weighted by Crippen LogP contribution is 2.27. The quantitative estimate of drug-likeness (QED) is 0.774. The lowest BCUT2D eigenvalue weighted by Crippen LogP contribution is -2.49. The van der Waals surface area contributed by atoms with Crippen molar-refractivity contribution in [2.45, 2.75) is 56.4 Å². The average molecular weight is 443 g/mol. The zero-order valence-electron chi connectivity index (χ0n) is 15.2. The summed E-state index contributed by atoms with van der Waals surface area (Å²) in [6, 6.07) is 6.89. The van der Waals surface area contributed by atoms with Crippen LogP contribution in [0.25, 0.3) is 0 Å². The Bertz CT molecular complexity index is 736. The molecule has 1 saturated carbocycles. The standard InChI is InChI=1S/C19H27BrN2O3S/c1-14-5-2-3-7-18(14)21-19(23)15-6-4-12-22(13-15)26(24,25)17-10-8-16(20)9-11-17/h8-11,14-15,18H,2-7,12-13H2,1H3,(H,21,23)/t14-,15-,18+/m1/s1. The van der Waals surface area contributed by atoms with Crippen molar-refractivity contribution in [3.8, 4) is 0 Å². The molecule has 2 aliphatic rings. The van der Waals surface area contributed by atoms with Crippen molar-refractivity contribution in [1.29, 1.82) is 0 Å². The number of sulfonamides is 1. The van der Waals surface area contributed by atoms with Crippen LogP contribution in [0.4, 0.5) is 0 Å². The van der Waals surface area contributed by atoms with E-state index in [-0.39, 0.29) is 29.3 Å². The number of hydrogen-bond donors (Lipinski definition) is 1. The van der Waals surface area contributed by atoms with E-state index >= 15 is 0 Å². The summed E-state index contributed by atoms with van der Waals surface area (Å²) in [6.07, 6.45) is 6.04. The highest BCUT2D eigenvalue weighted by atomic mass is 79.9. The number of carbonyl (C=O) groups excluding carboxylic acids is 1. The molecule has 1 aliphatic heterocycles. The summed E-state index contributed by atoms with van der Waals surface area (Å²) in [7, 11) is -3.56. The maximum absolute atomic E-state index is 12.9. The van der Waals surface area contributed by atoms with Gasteiger partial charge in [-0.05, 0) is 55.9 Å². The van der Waals surface area contributed by atoms with Crippen LogP contribution < -0.4 is 5.32 Å². The predicted molar refractivity (Wildman–Crippen MR) is 105 cm³/mol. The van der Waals surface area contributed by atoms with Crippen LogP contribution in [0, 0.1) is 11.8 Å². The van der Waals surface area contributed by atoms with Gasteiger partial charge in [-0.2, -0.15) is 4.31 Å². The maximum atomic E-state index is 12.9. The lowest BCUT2D eigenvalue weighted by Gasteiger charge is -2.34. The Morgan fingerprint density at radius 3 is 2.50 bits per heavy atom. The average Bonchev–Trinajstić information content (AvgIpc) is 2.64. The highest BCUT2D eigenvalue weighted by Gasteiger charge is 2.34. The Morgan fingerprint density at radius 1 is 1.12 bits per heavy atom. The lowest BCUT2D eigenvalue weighted by atomic mass is 9.85. The fraction of sp³-hybridized carbons (Fsp3) is 0.632. The summed E-state index contributed by atoms with van der Waals surface area (Å²) < 4.78 is 28.1. The zero-order valence-corrected chi connectivity index (χ0v) is 17.6. The van der Waals surface area contributed by atoms with Crippen LogP contribution in [0.1, 0.15) is 45.4 Å². The van der Waals surface area contributed by atoms with Crippen LogP contribution in [-0.4, -0.2) is 37.8 Å². The Kier molecular flexibility index (Phi) is 6.41. The Morgan fingerprint density at radius 2 is 1.81 bits per heavy atom. The van der Waals surface area contributed by atoms with Gasteiger partial charge >= 0.3 is 0 Å². The molecule has 0 bridgehead atoms. The van der Waals surface area contributed by atoms with Crippen molar-refractivity contribution in [2.75, 3.05) is 13.1 Å². The molecule has 2 fully saturated rings. The third kappa shape index (κ3) is 4.49. The first-order valence-corrected chi connectivity index (χ1v) is 11.7. The molecule has 0 aromatic heterocycles. The number of piperidine rings is 1. The molecule has 1 aromatic carbocycles. The topological polar surface area (TPSA) is 66.5 Å². The largest absolute Gasteiger partial charge is 0.353 e. The van der Waals surface area contributed by atoms with Crippen LogP contribution in [0.2, 0.25) is 0 Å². The van der Waals surface area contributed by atoms with E-state index in [0.717, 1.165) is 30.2 Å². The zero-order chi connectivity index (χ0) is 18.7. The van der Waals surface area contributed by atoms with Gasteiger partial charge in [0.2, 0.25) is 15.9 Å². The van der Waals surface area contributed by atoms with Crippen molar-refractivity contribution in [3.63, 3.8) is 0 Å². The number of benzene rings is 1. The smallest absolute Gasteiger partial charge is 0.243 e. The number of halogens is 1. The van der Waals surface area contributed by atoms with Gasteiger partial charge in [0.15, 0.2) is 0 Å². The van der Waals surface area contributed by atoms with Gasteiger partial charge in [-0.15, -0.1) is 0 Å². The van der Waals surface area contributed by atoms with E-state index in [4.69, 9.17) is 0 Å². The van der Waals surface area contributed by atoms with Crippen LogP contribution in [0.15, 0.2) is 33.6 Å². The first-order chi connectivity index (χ1) is 12.4. The van der Waals surface area contributed by atoms with E-state index in [1.165, 1.54) is 10.7 Å². The van der Waals surface area contributed by atoms with E-state index in [2.05, 4.69) is 28.2 Å². The maximum Gasteiger partial charge on any atom is 0.243 e. The molecule has 1 heterocycles. The molecular formula is C19H27BrN2O3S. The molecule has 1 amide bonds. The van der Waals surface area contributed by atoms with Gasteiger partial charge in [0.1, 0.15) is 0 Å².